The normalized spacial score (nSPS) is 54.5. The molecule has 1 saturated heterocycles. The topological polar surface area (TPSA) is 93.1 Å². The molecule has 3 unspecified atom stereocenters. The number of allylic oxidation sites excluding steroid dienone is 2. The van der Waals surface area contributed by atoms with Crippen molar-refractivity contribution >= 4 is 11.8 Å². The number of rotatable bonds is 1. The van der Waals surface area contributed by atoms with E-state index >= 15 is 0 Å². The lowest BCUT2D eigenvalue weighted by atomic mass is 9.38. The maximum atomic E-state index is 13.3. The molecule has 150 valence electrons. The van der Waals surface area contributed by atoms with Crippen LogP contribution in [0.15, 0.2) is 11.8 Å². The lowest BCUT2D eigenvalue weighted by molar-refractivity contribution is -0.280. The first-order valence-electron chi connectivity index (χ1n) is 9.94. The molecule has 10 atom stereocenters. The van der Waals surface area contributed by atoms with E-state index < -0.39 is 29.0 Å². The zero-order valence-corrected chi connectivity index (χ0v) is 16.6. The third kappa shape index (κ3) is 2.14. The maximum Gasteiger partial charge on any atom is 0.306 e. The Labute approximate surface area is 159 Å². The molecule has 0 spiro atoms. The molecule has 0 aromatic rings. The number of esters is 1. The minimum atomic E-state index is -0.929. The molecule has 4 aliphatic rings. The summed E-state index contributed by atoms with van der Waals surface area (Å²) in [5, 5.41) is 21.7. The number of aliphatic hydroxyl groups excluding tert-OH is 2. The van der Waals surface area contributed by atoms with Gasteiger partial charge in [-0.25, -0.2) is 0 Å². The molecule has 2 saturated carbocycles. The van der Waals surface area contributed by atoms with Crippen molar-refractivity contribution in [2.24, 2.45) is 40.4 Å². The molecule has 4 rings (SSSR count). The molecule has 0 amide bonds. The van der Waals surface area contributed by atoms with Gasteiger partial charge >= 0.3 is 5.97 Å². The van der Waals surface area contributed by atoms with Gasteiger partial charge in [0.05, 0.1) is 12.2 Å². The Bertz CT molecular complexity index is 715. The summed E-state index contributed by atoms with van der Waals surface area (Å²) in [6.45, 7) is 7.92. The van der Waals surface area contributed by atoms with E-state index in [-0.39, 0.29) is 53.7 Å². The number of fused-ring (bicyclic) bond motifs is 2. The summed E-state index contributed by atoms with van der Waals surface area (Å²) in [6, 6.07) is 0. The number of methoxy groups -OCH3 is 1. The van der Waals surface area contributed by atoms with Crippen LogP contribution in [0.4, 0.5) is 0 Å². The van der Waals surface area contributed by atoms with Crippen LogP contribution in [0.3, 0.4) is 0 Å². The van der Waals surface area contributed by atoms with Crippen molar-refractivity contribution < 1.29 is 29.3 Å². The summed E-state index contributed by atoms with van der Waals surface area (Å²) < 4.78 is 11.5. The molecule has 1 aliphatic heterocycles. The Morgan fingerprint density at radius 1 is 1.22 bits per heavy atom. The highest BCUT2D eigenvalue weighted by Gasteiger charge is 2.72. The van der Waals surface area contributed by atoms with E-state index in [1.165, 1.54) is 0 Å². The van der Waals surface area contributed by atoms with Gasteiger partial charge in [-0.3, -0.25) is 9.59 Å². The van der Waals surface area contributed by atoms with Crippen LogP contribution < -0.4 is 0 Å². The lowest BCUT2D eigenvalue weighted by Gasteiger charge is -2.68. The Hall–Kier alpha value is -1.40. The van der Waals surface area contributed by atoms with Crippen molar-refractivity contribution in [1.82, 2.24) is 0 Å². The standard InChI is InChI=1S/C21H30O6/c1-9-6-13(22)19(25)21(4)11(9)7-14-20(3)12(8-15(23)27-14)10(2)17(26-5)16(24)18(20)21/h6,9-12,14,16-18,22,24H,7-8H2,1-5H3/t9-,10-,11+,12+,14-,16?,17?,18?,20-,21+/m1/s1. The van der Waals surface area contributed by atoms with Crippen molar-refractivity contribution in [2.45, 2.75) is 58.8 Å². The Kier molecular flexibility index (Phi) is 4.07. The smallest absolute Gasteiger partial charge is 0.306 e. The number of hydrogen-bond donors (Lipinski definition) is 2. The second-order valence-electron chi connectivity index (χ2n) is 9.55. The minimum Gasteiger partial charge on any atom is -0.505 e. The van der Waals surface area contributed by atoms with E-state index in [0.29, 0.717) is 6.42 Å². The summed E-state index contributed by atoms with van der Waals surface area (Å²) in [4.78, 5) is 25.6. The molecule has 0 radical (unpaired) electrons. The van der Waals surface area contributed by atoms with Crippen LogP contribution in [0.2, 0.25) is 0 Å². The number of aliphatic hydroxyl groups is 2. The highest BCUT2D eigenvalue weighted by molar-refractivity contribution is 5.99. The molecule has 1 heterocycles. The lowest BCUT2D eigenvalue weighted by Crippen LogP contribution is -2.73. The summed E-state index contributed by atoms with van der Waals surface area (Å²) in [6.07, 6.45) is 0.756. The molecule has 0 aromatic heterocycles. The van der Waals surface area contributed by atoms with Crippen LogP contribution >= 0.6 is 0 Å². The Morgan fingerprint density at radius 3 is 2.52 bits per heavy atom. The van der Waals surface area contributed by atoms with Gasteiger partial charge in [-0.1, -0.05) is 27.7 Å². The van der Waals surface area contributed by atoms with Gasteiger partial charge in [-0.15, -0.1) is 0 Å². The molecule has 6 heteroatoms. The average molecular weight is 378 g/mol. The van der Waals surface area contributed by atoms with Crippen LogP contribution in [0.5, 0.6) is 0 Å². The van der Waals surface area contributed by atoms with Gasteiger partial charge in [-0.2, -0.15) is 0 Å². The van der Waals surface area contributed by atoms with E-state index in [1.807, 2.05) is 20.8 Å². The van der Waals surface area contributed by atoms with Gasteiger partial charge < -0.3 is 19.7 Å². The number of ether oxygens (including phenoxy) is 2. The number of ketones is 1. The predicted molar refractivity (Wildman–Crippen MR) is 96.6 cm³/mol. The first kappa shape index (κ1) is 18.9. The fourth-order valence-electron chi connectivity index (χ4n) is 7.40. The number of carbonyl (C=O) groups excluding carboxylic acids is 2. The second kappa shape index (κ2) is 5.80. The summed E-state index contributed by atoms with van der Waals surface area (Å²) >= 11 is 0. The van der Waals surface area contributed by atoms with E-state index in [0.717, 1.165) is 0 Å². The summed E-state index contributed by atoms with van der Waals surface area (Å²) in [5.74, 6) is -1.45. The molecular formula is C21H30O6. The average Bonchev–Trinajstić information content (AvgIpc) is 2.58. The molecular weight excluding hydrogens is 348 g/mol. The molecule has 2 N–H and O–H groups in total. The van der Waals surface area contributed by atoms with E-state index in [1.54, 1.807) is 13.2 Å². The summed E-state index contributed by atoms with van der Waals surface area (Å²) in [7, 11) is 1.57. The molecule has 3 aliphatic carbocycles. The van der Waals surface area contributed by atoms with Gasteiger partial charge in [0, 0.05) is 30.3 Å². The van der Waals surface area contributed by atoms with Gasteiger partial charge in [-0.05, 0) is 36.2 Å². The first-order valence-corrected chi connectivity index (χ1v) is 9.94. The third-order valence-electron chi connectivity index (χ3n) is 8.59. The Balaban J connectivity index is 1.93. The third-order valence-corrected chi connectivity index (χ3v) is 8.59. The van der Waals surface area contributed by atoms with Gasteiger partial charge in [0.25, 0.3) is 0 Å². The molecule has 0 aromatic carbocycles. The molecule has 6 nitrogen and oxygen atoms in total. The largest absolute Gasteiger partial charge is 0.505 e. The van der Waals surface area contributed by atoms with Crippen molar-refractivity contribution in [3.63, 3.8) is 0 Å². The zero-order chi connectivity index (χ0) is 19.9. The van der Waals surface area contributed by atoms with Crippen LogP contribution in [-0.2, 0) is 19.1 Å². The van der Waals surface area contributed by atoms with E-state index in [4.69, 9.17) is 9.47 Å². The fraction of sp³-hybridized carbons (Fsp3) is 0.810. The van der Waals surface area contributed by atoms with Gasteiger partial charge in [0.15, 0.2) is 5.76 Å². The fourth-order valence-corrected chi connectivity index (χ4v) is 7.40. The van der Waals surface area contributed by atoms with Crippen molar-refractivity contribution in [3.05, 3.63) is 11.8 Å². The highest BCUT2D eigenvalue weighted by Crippen LogP contribution is 2.68. The van der Waals surface area contributed by atoms with E-state index in [2.05, 4.69) is 6.92 Å². The van der Waals surface area contributed by atoms with Gasteiger partial charge in [0.1, 0.15) is 6.10 Å². The van der Waals surface area contributed by atoms with Crippen molar-refractivity contribution in [3.8, 4) is 0 Å². The van der Waals surface area contributed by atoms with Crippen molar-refractivity contribution in [2.75, 3.05) is 7.11 Å². The molecule has 3 fully saturated rings. The maximum absolute atomic E-state index is 13.3. The molecule has 27 heavy (non-hydrogen) atoms. The zero-order valence-electron chi connectivity index (χ0n) is 16.6. The quantitative estimate of drug-likeness (QED) is 0.680. The monoisotopic (exact) mass is 378 g/mol. The van der Waals surface area contributed by atoms with Gasteiger partial charge in [0.2, 0.25) is 5.78 Å². The van der Waals surface area contributed by atoms with Crippen LogP contribution in [-0.4, -0.2) is 47.4 Å². The molecule has 0 bridgehead atoms. The van der Waals surface area contributed by atoms with Crippen molar-refractivity contribution in [1.29, 1.82) is 0 Å². The van der Waals surface area contributed by atoms with E-state index in [9.17, 15) is 19.8 Å². The second-order valence-corrected chi connectivity index (χ2v) is 9.55. The van der Waals surface area contributed by atoms with Crippen LogP contribution in [0, 0.1) is 40.4 Å². The number of Topliss-reactive ketones (excluding diaryl/α,β-unsaturated/α-hetero) is 1. The number of hydrogen-bond acceptors (Lipinski definition) is 6. The summed E-state index contributed by atoms with van der Waals surface area (Å²) in [5.41, 5.74) is -1.47. The predicted octanol–water partition coefficient (Wildman–Crippen LogP) is 2.25. The van der Waals surface area contributed by atoms with Crippen LogP contribution in [0.1, 0.15) is 40.5 Å². The van der Waals surface area contributed by atoms with Crippen LogP contribution in [0.25, 0.3) is 0 Å². The number of carbonyl (C=O) groups is 2. The highest BCUT2D eigenvalue weighted by atomic mass is 16.5. The SMILES string of the molecule is COC1C(O)C2[C@@]3(C)[C@@H](C[C@H]4[C@H](C)C=C(O)C(=O)[C@]24C)OC(=O)C[C@H]3[C@H]1C. The Morgan fingerprint density at radius 2 is 1.89 bits per heavy atom. The first-order chi connectivity index (χ1) is 12.6. The minimum absolute atomic E-state index is 0.0398.